The second-order valence-electron chi connectivity index (χ2n) is 4.97. The van der Waals surface area contributed by atoms with Gasteiger partial charge in [-0.05, 0) is 30.0 Å². The Morgan fingerprint density at radius 2 is 2.09 bits per heavy atom. The lowest BCUT2D eigenvalue weighted by atomic mass is 10.3. The van der Waals surface area contributed by atoms with Crippen molar-refractivity contribution in [1.82, 2.24) is 20.2 Å². The number of rotatable bonds is 6. The van der Waals surface area contributed by atoms with Crippen LogP contribution in [0.5, 0.6) is 0 Å². The van der Waals surface area contributed by atoms with Gasteiger partial charge < -0.3 is 15.2 Å². The number of imidazole rings is 1. The van der Waals surface area contributed by atoms with E-state index in [0.717, 1.165) is 28.9 Å². The van der Waals surface area contributed by atoms with Crippen LogP contribution in [-0.4, -0.2) is 22.1 Å². The van der Waals surface area contributed by atoms with E-state index in [-0.39, 0.29) is 6.03 Å². The molecule has 3 aromatic rings. The molecule has 0 aliphatic heterocycles. The maximum atomic E-state index is 11.7. The van der Waals surface area contributed by atoms with Gasteiger partial charge in [0.2, 0.25) is 0 Å². The Labute approximate surface area is 133 Å². The molecule has 0 aliphatic carbocycles. The number of thiophene rings is 1. The van der Waals surface area contributed by atoms with E-state index in [1.54, 1.807) is 11.3 Å². The Morgan fingerprint density at radius 1 is 1.18 bits per heavy atom. The lowest BCUT2D eigenvalue weighted by Gasteiger charge is -2.07. The Bertz CT molecular complexity index is 736. The molecule has 0 radical (unpaired) electrons. The van der Waals surface area contributed by atoms with Gasteiger partial charge in [-0.15, -0.1) is 11.3 Å². The first-order chi connectivity index (χ1) is 10.8. The van der Waals surface area contributed by atoms with Crippen molar-refractivity contribution < 1.29 is 4.79 Å². The summed E-state index contributed by atoms with van der Waals surface area (Å²) in [5, 5.41) is 7.73. The summed E-state index contributed by atoms with van der Waals surface area (Å²) in [7, 11) is 0. The van der Waals surface area contributed by atoms with Gasteiger partial charge in [0.05, 0.1) is 23.9 Å². The van der Waals surface area contributed by atoms with Crippen molar-refractivity contribution in [3.05, 3.63) is 53.0 Å². The quantitative estimate of drug-likeness (QED) is 0.687. The van der Waals surface area contributed by atoms with Gasteiger partial charge in [0.25, 0.3) is 0 Å². The fourth-order valence-corrected chi connectivity index (χ4v) is 2.93. The van der Waals surface area contributed by atoms with Gasteiger partial charge in [0, 0.05) is 18.0 Å². The maximum Gasteiger partial charge on any atom is 0.315 e. The SMILES string of the molecule is O=C(NCCCn1cnc2ccccc21)NCc1cccs1. The van der Waals surface area contributed by atoms with E-state index >= 15 is 0 Å². The van der Waals surface area contributed by atoms with Crippen LogP contribution in [0.3, 0.4) is 0 Å². The number of benzene rings is 1. The van der Waals surface area contributed by atoms with Gasteiger partial charge in [0.1, 0.15) is 0 Å². The van der Waals surface area contributed by atoms with Crippen molar-refractivity contribution in [3.63, 3.8) is 0 Å². The molecule has 0 fully saturated rings. The predicted octanol–water partition coefficient (Wildman–Crippen LogP) is 2.99. The summed E-state index contributed by atoms with van der Waals surface area (Å²) in [6.07, 6.45) is 2.72. The van der Waals surface area contributed by atoms with Crippen LogP contribution in [0.2, 0.25) is 0 Å². The molecule has 3 rings (SSSR count). The molecule has 6 heteroatoms. The highest BCUT2D eigenvalue weighted by molar-refractivity contribution is 7.09. The zero-order chi connectivity index (χ0) is 15.2. The van der Waals surface area contributed by atoms with Crippen LogP contribution >= 0.6 is 11.3 Å². The molecule has 0 saturated heterocycles. The van der Waals surface area contributed by atoms with E-state index < -0.39 is 0 Å². The van der Waals surface area contributed by atoms with Crippen LogP contribution in [-0.2, 0) is 13.1 Å². The van der Waals surface area contributed by atoms with E-state index in [4.69, 9.17) is 0 Å². The molecule has 0 atom stereocenters. The van der Waals surface area contributed by atoms with Crippen LogP contribution < -0.4 is 10.6 Å². The molecule has 22 heavy (non-hydrogen) atoms. The van der Waals surface area contributed by atoms with E-state index in [1.807, 2.05) is 42.0 Å². The Hall–Kier alpha value is -2.34. The number of hydrogen-bond donors (Lipinski definition) is 2. The third kappa shape index (κ3) is 3.65. The topological polar surface area (TPSA) is 59.0 Å². The number of aromatic nitrogens is 2. The first-order valence-electron chi connectivity index (χ1n) is 7.27. The largest absolute Gasteiger partial charge is 0.338 e. The van der Waals surface area contributed by atoms with Crippen molar-refractivity contribution >= 4 is 28.4 Å². The van der Waals surface area contributed by atoms with Crippen molar-refractivity contribution in [2.24, 2.45) is 0 Å². The van der Waals surface area contributed by atoms with Gasteiger partial charge in [-0.1, -0.05) is 18.2 Å². The molecule has 0 saturated carbocycles. The van der Waals surface area contributed by atoms with Crippen LogP contribution in [0, 0.1) is 0 Å². The summed E-state index contributed by atoms with van der Waals surface area (Å²) in [5.41, 5.74) is 2.13. The number of fused-ring (bicyclic) bond motifs is 1. The molecule has 2 heterocycles. The van der Waals surface area contributed by atoms with Crippen LogP contribution in [0.15, 0.2) is 48.1 Å². The molecule has 0 bridgehead atoms. The highest BCUT2D eigenvalue weighted by Crippen LogP contribution is 2.11. The van der Waals surface area contributed by atoms with Crippen molar-refractivity contribution in [3.8, 4) is 0 Å². The lowest BCUT2D eigenvalue weighted by molar-refractivity contribution is 0.240. The van der Waals surface area contributed by atoms with Gasteiger partial charge in [0.15, 0.2) is 0 Å². The van der Waals surface area contributed by atoms with Crippen LogP contribution in [0.4, 0.5) is 4.79 Å². The smallest absolute Gasteiger partial charge is 0.315 e. The molecular weight excluding hydrogens is 296 g/mol. The number of nitrogens with zero attached hydrogens (tertiary/aromatic N) is 2. The van der Waals surface area contributed by atoms with Gasteiger partial charge in [-0.3, -0.25) is 0 Å². The third-order valence-electron chi connectivity index (χ3n) is 3.39. The van der Waals surface area contributed by atoms with Gasteiger partial charge in [-0.25, -0.2) is 9.78 Å². The predicted molar refractivity (Wildman–Crippen MR) is 88.9 cm³/mol. The normalized spacial score (nSPS) is 10.7. The highest BCUT2D eigenvalue weighted by Gasteiger charge is 2.02. The average molecular weight is 314 g/mol. The number of urea groups is 1. The van der Waals surface area contributed by atoms with Crippen molar-refractivity contribution in [2.75, 3.05) is 6.54 Å². The fourth-order valence-electron chi connectivity index (χ4n) is 2.28. The maximum absolute atomic E-state index is 11.7. The number of carbonyl (C=O) groups is 1. The minimum absolute atomic E-state index is 0.121. The minimum atomic E-state index is -0.121. The first kappa shape index (κ1) is 14.6. The fraction of sp³-hybridized carbons (Fsp3) is 0.250. The molecule has 0 spiro atoms. The Kier molecular flexibility index (Phi) is 4.70. The summed E-state index contributed by atoms with van der Waals surface area (Å²) in [5.74, 6) is 0. The summed E-state index contributed by atoms with van der Waals surface area (Å²) in [4.78, 5) is 17.2. The van der Waals surface area contributed by atoms with E-state index in [0.29, 0.717) is 13.1 Å². The molecule has 0 unspecified atom stereocenters. The molecule has 2 aromatic heterocycles. The molecule has 0 aliphatic rings. The monoisotopic (exact) mass is 314 g/mol. The van der Waals surface area contributed by atoms with Gasteiger partial charge >= 0.3 is 6.03 Å². The molecule has 1 aromatic carbocycles. The summed E-state index contributed by atoms with van der Waals surface area (Å²) < 4.78 is 2.11. The van der Waals surface area contributed by atoms with Crippen LogP contribution in [0.1, 0.15) is 11.3 Å². The second kappa shape index (κ2) is 7.09. The lowest BCUT2D eigenvalue weighted by Crippen LogP contribution is -2.35. The number of amides is 2. The molecule has 2 N–H and O–H groups in total. The summed E-state index contributed by atoms with van der Waals surface area (Å²) in [6, 6.07) is 11.9. The number of para-hydroxylation sites is 2. The number of hydrogen-bond acceptors (Lipinski definition) is 3. The summed E-state index contributed by atoms with van der Waals surface area (Å²) in [6.45, 7) is 2.06. The van der Waals surface area contributed by atoms with Gasteiger partial charge in [-0.2, -0.15) is 0 Å². The number of nitrogens with one attached hydrogen (secondary N) is 2. The molecular formula is C16H18N4OS. The minimum Gasteiger partial charge on any atom is -0.338 e. The summed E-state index contributed by atoms with van der Waals surface area (Å²) >= 11 is 1.64. The van der Waals surface area contributed by atoms with Crippen molar-refractivity contribution in [1.29, 1.82) is 0 Å². The highest BCUT2D eigenvalue weighted by atomic mass is 32.1. The number of carbonyl (C=O) groups excluding carboxylic acids is 1. The molecule has 5 nitrogen and oxygen atoms in total. The van der Waals surface area contributed by atoms with E-state index in [1.165, 1.54) is 0 Å². The van der Waals surface area contributed by atoms with E-state index in [9.17, 15) is 4.79 Å². The zero-order valence-corrected chi connectivity index (χ0v) is 13.0. The third-order valence-corrected chi connectivity index (χ3v) is 4.27. The second-order valence-corrected chi connectivity index (χ2v) is 6.00. The zero-order valence-electron chi connectivity index (χ0n) is 12.2. The Morgan fingerprint density at radius 3 is 2.95 bits per heavy atom. The molecule has 2 amide bonds. The standard InChI is InChI=1S/C16H18N4OS/c21-16(18-11-13-5-3-10-22-13)17-8-4-9-20-12-19-14-6-1-2-7-15(14)20/h1-3,5-7,10,12H,4,8-9,11H2,(H2,17,18,21). The van der Waals surface area contributed by atoms with Crippen molar-refractivity contribution in [2.45, 2.75) is 19.5 Å². The number of aryl methyl sites for hydroxylation is 1. The average Bonchev–Trinajstić information content (AvgIpc) is 3.19. The molecule has 114 valence electrons. The Balaban J connectivity index is 1.39. The van der Waals surface area contributed by atoms with Crippen LogP contribution in [0.25, 0.3) is 11.0 Å². The first-order valence-corrected chi connectivity index (χ1v) is 8.15. The van der Waals surface area contributed by atoms with E-state index in [2.05, 4.69) is 26.3 Å².